The topological polar surface area (TPSA) is 68.3 Å². The van der Waals surface area contributed by atoms with Gasteiger partial charge >= 0.3 is 5.97 Å². The molecule has 0 radical (unpaired) electrons. The summed E-state index contributed by atoms with van der Waals surface area (Å²) in [4.78, 5) is 28.4. The summed E-state index contributed by atoms with van der Waals surface area (Å²) in [6, 6.07) is 10.6. The highest BCUT2D eigenvalue weighted by atomic mass is 35.5. The van der Waals surface area contributed by atoms with Gasteiger partial charge in [0.25, 0.3) is 5.91 Å². The van der Waals surface area contributed by atoms with E-state index in [-0.39, 0.29) is 26.4 Å². The number of aromatic nitrogens is 1. The number of anilines is 1. The van der Waals surface area contributed by atoms with Gasteiger partial charge in [-0.1, -0.05) is 64.6 Å². The highest BCUT2D eigenvalue weighted by Gasteiger charge is 2.16. The monoisotopic (exact) mass is 454 g/mol. The van der Waals surface area contributed by atoms with E-state index in [0.717, 1.165) is 11.1 Å². The summed E-state index contributed by atoms with van der Waals surface area (Å²) < 4.78 is 5.02. The SMILES string of the molecule is Cc1ccc(-c2nc(C(=O)OCC(=O)Nc3cc(Cl)c(Cl)cc3Cl)cs2)cc1. The third-order valence-electron chi connectivity index (χ3n) is 3.63. The zero-order valence-corrected chi connectivity index (χ0v) is 17.5. The second-order valence-corrected chi connectivity index (χ2v) is 7.85. The van der Waals surface area contributed by atoms with Crippen molar-refractivity contribution in [3.05, 3.63) is 68.1 Å². The van der Waals surface area contributed by atoms with Crippen LogP contribution in [0, 0.1) is 6.92 Å². The van der Waals surface area contributed by atoms with Crippen molar-refractivity contribution in [3.8, 4) is 10.6 Å². The van der Waals surface area contributed by atoms with Crippen molar-refractivity contribution in [1.82, 2.24) is 4.98 Å². The van der Waals surface area contributed by atoms with Gasteiger partial charge < -0.3 is 10.1 Å². The number of halogens is 3. The zero-order valence-electron chi connectivity index (χ0n) is 14.5. The Labute approximate surface area is 180 Å². The maximum atomic E-state index is 12.1. The van der Waals surface area contributed by atoms with Gasteiger partial charge in [0.05, 0.1) is 20.8 Å². The Balaban J connectivity index is 1.59. The molecule has 0 atom stereocenters. The predicted octanol–water partition coefficient (Wildman–Crippen LogP) is 5.87. The summed E-state index contributed by atoms with van der Waals surface area (Å²) in [7, 11) is 0. The Bertz CT molecular complexity index is 1040. The van der Waals surface area contributed by atoms with Crippen molar-refractivity contribution >= 4 is 63.7 Å². The smallest absolute Gasteiger partial charge is 0.358 e. The number of aryl methyl sites for hydroxylation is 1. The molecule has 144 valence electrons. The average Bonchev–Trinajstić information content (AvgIpc) is 3.15. The van der Waals surface area contributed by atoms with E-state index < -0.39 is 18.5 Å². The Hall–Kier alpha value is -2.12. The van der Waals surface area contributed by atoms with Crippen LogP contribution in [0.15, 0.2) is 41.8 Å². The highest BCUT2D eigenvalue weighted by Crippen LogP contribution is 2.32. The summed E-state index contributed by atoms with van der Waals surface area (Å²) in [6.45, 7) is 1.50. The van der Waals surface area contributed by atoms with Gasteiger partial charge in [0.2, 0.25) is 0 Å². The van der Waals surface area contributed by atoms with E-state index in [1.54, 1.807) is 5.38 Å². The second-order valence-electron chi connectivity index (χ2n) is 5.77. The Morgan fingerprint density at radius 2 is 1.75 bits per heavy atom. The van der Waals surface area contributed by atoms with Crippen LogP contribution in [0.25, 0.3) is 10.6 Å². The van der Waals surface area contributed by atoms with Crippen molar-refractivity contribution in [2.24, 2.45) is 0 Å². The molecule has 0 aliphatic heterocycles. The summed E-state index contributed by atoms with van der Waals surface area (Å²) in [5.41, 5.74) is 2.45. The number of esters is 1. The molecule has 3 rings (SSSR count). The first-order valence-corrected chi connectivity index (χ1v) is 9.99. The Morgan fingerprint density at radius 3 is 2.46 bits per heavy atom. The molecule has 1 aromatic heterocycles. The van der Waals surface area contributed by atoms with Crippen LogP contribution >= 0.6 is 46.1 Å². The van der Waals surface area contributed by atoms with E-state index in [4.69, 9.17) is 39.5 Å². The van der Waals surface area contributed by atoms with Gasteiger partial charge in [-0.05, 0) is 19.1 Å². The van der Waals surface area contributed by atoms with Gasteiger partial charge in [-0.25, -0.2) is 9.78 Å². The minimum atomic E-state index is -0.690. The Morgan fingerprint density at radius 1 is 1.07 bits per heavy atom. The van der Waals surface area contributed by atoms with Crippen molar-refractivity contribution < 1.29 is 14.3 Å². The molecule has 0 aliphatic carbocycles. The molecule has 0 unspecified atom stereocenters. The molecule has 3 aromatic rings. The van der Waals surface area contributed by atoms with Crippen LogP contribution in [0.4, 0.5) is 5.69 Å². The number of carbonyl (C=O) groups excluding carboxylic acids is 2. The maximum Gasteiger partial charge on any atom is 0.358 e. The molecule has 0 saturated heterocycles. The first-order valence-electron chi connectivity index (χ1n) is 7.97. The first-order chi connectivity index (χ1) is 13.3. The van der Waals surface area contributed by atoms with Crippen LogP contribution in [0.1, 0.15) is 16.1 Å². The van der Waals surface area contributed by atoms with Crippen LogP contribution < -0.4 is 5.32 Å². The molecule has 9 heteroatoms. The van der Waals surface area contributed by atoms with Crippen molar-refractivity contribution in [2.75, 3.05) is 11.9 Å². The van der Waals surface area contributed by atoms with Crippen LogP contribution in [-0.2, 0) is 9.53 Å². The number of hydrogen-bond donors (Lipinski definition) is 1. The molecular weight excluding hydrogens is 443 g/mol. The van der Waals surface area contributed by atoms with E-state index in [1.165, 1.54) is 23.5 Å². The van der Waals surface area contributed by atoms with Crippen LogP contribution in [-0.4, -0.2) is 23.5 Å². The number of benzene rings is 2. The van der Waals surface area contributed by atoms with Crippen molar-refractivity contribution in [3.63, 3.8) is 0 Å². The third-order valence-corrected chi connectivity index (χ3v) is 5.56. The fourth-order valence-corrected chi connectivity index (χ4v) is 3.60. The number of rotatable bonds is 5. The normalized spacial score (nSPS) is 10.6. The summed E-state index contributed by atoms with van der Waals surface area (Å²) in [6.07, 6.45) is 0. The van der Waals surface area contributed by atoms with Gasteiger partial charge in [-0.2, -0.15) is 0 Å². The van der Waals surface area contributed by atoms with E-state index in [0.29, 0.717) is 5.01 Å². The molecule has 0 saturated carbocycles. The fourth-order valence-electron chi connectivity index (χ4n) is 2.21. The molecule has 2 aromatic carbocycles. The first kappa shape index (κ1) is 20.6. The standard InChI is InChI=1S/C19H13Cl3N2O3S/c1-10-2-4-11(5-3-10)18-24-16(9-28-18)19(26)27-8-17(25)23-15-7-13(21)12(20)6-14(15)22/h2-7,9H,8H2,1H3,(H,23,25). The van der Waals surface area contributed by atoms with Gasteiger partial charge in [-0.3, -0.25) is 4.79 Å². The number of carbonyl (C=O) groups is 2. The van der Waals surface area contributed by atoms with Crippen molar-refractivity contribution in [2.45, 2.75) is 6.92 Å². The van der Waals surface area contributed by atoms with E-state index in [1.807, 2.05) is 31.2 Å². The van der Waals surface area contributed by atoms with Gasteiger partial charge in [-0.15, -0.1) is 11.3 Å². The minimum absolute atomic E-state index is 0.140. The number of nitrogens with one attached hydrogen (secondary N) is 1. The maximum absolute atomic E-state index is 12.1. The molecule has 5 nitrogen and oxygen atoms in total. The number of hydrogen-bond acceptors (Lipinski definition) is 5. The summed E-state index contributed by atoms with van der Waals surface area (Å²) in [5.74, 6) is -1.26. The quantitative estimate of drug-likeness (QED) is 0.385. The minimum Gasteiger partial charge on any atom is -0.451 e. The largest absolute Gasteiger partial charge is 0.451 e. The Kier molecular flexibility index (Phi) is 6.57. The van der Waals surface area contributed by atoms with Gasteiger partial charge in [0, 0.05) is 10.9 Å². The molecule has 1 N–H and O–H groups in total. The number of ether oxygens (including phenoxy) is 1. The molecule has 28 heavy (non-hydrogen) atoms. The van der Waals surface area contributed by atoms with E-state index >= 15 is 0 Å². The number of nitrogens with zero attached hydrogens (tertiary/aromatic N) is 1. The molecule has 1 heterocycles. The van der Waals surface area contributed by atoms with Crippen molar-refractivity contribution in [1.29, 1.82) is 0 Å². The summed E-state index contributed by atoms with van der Waals surface area (Å²) >= 11 is 19.1. The number of thiazole rings is 1. The molecule has 0 aliphatic rings. The highest BCUT2D eigenvalue weighted by molar-refractivity contribution is 7.13. The lowest BCUT2D eigenvalue weighted by Gasteiger charge is -2.09. The fraction of sp³-hybridized carbons (Fsp3) is 0.105. The average molecular weight is 456 g/mol. The molecule has 1 amide bonds. The second kappa shape index (κ2) is 8.92. The third kappa shape index (κ3) is 5.02. The van der Waals surface area contributed by atoms with Gasteiger partial charge in [0.15, 0.2) is 12.3 Å². The van der Waals surface area contributed by atoms with Gasteiger partial charge in [0.1, 0.15) is 5.01 Å². The number of amides is 1. The van der Waals surface area contributed by atoms with Crippen LogP contribution in [0.5, 0.6) is 0 Å². The molecular formula is C19H13Cl3N2O3S. The molecule has 0 bridgehead atoms. The van der Waals surface area contributed by atoms with E-state index in [2.05, 4.69) is 10.3 Å². The van der Waals surface area contributed by atoms with E-state index in [9.17, 15) is 9.59 Å². The van der Waals surface area contributed by atoms with Crippen LogP contribution in [0.2, 0.25) is 15.1 Å². The zero-order chi connectivity index (χ0) is 20.3. The summed E-state index contributed by atoms with van der Waals surface area (Å²) in [5, 5.41) is 5.52. The lowest BCUT2D eigenvalue weighted by Crippen LogP contribution is -2.21. The molecule has 0 spiro atoms. The predicted molar refractivity (Wildman–Crippen MR) is 113 cm³/mol. The lowest BCUT2D eigenvalue weighted by molar-refractivity contribution is -0.119. The lowest BCUT2D eigenvalue weighted by atomic mass is 10.2. The molecule has 0 fully saturated rings. The van der Waals surface area contributed by atoms with Crippen LogP contribution in [0.3, 0.4) is 0 Å².